The molecule has 0 saturated heterocycles. The van der Waals surface area contributed by atoms with Crippen LogP contribution in [0.4, 0.5) is 0 Å². The molecule has 0 aliphatic rings. The van der Waals surface area contributed by atoms with E-state index in [9.17, 15) is 10.5 Å². The fourth-order valence-electron chi connectivity index (χ4n) is 4.99. The Morgan fingerprint density at radius 2 is 1.45 bits per heavy atom. The number of nitrogens with zero attached hydrogens (tertiary/aromatic N) is 2. The van der Waals surface area contributed by atoms with Crippen LogP contribution >= 0.6 is 22.6 Å². The zero-order chi connectivity index (χ0) is 27.1. The van der Waals surface area contributed by atoms with Crippen LogP contribution in [0, 0.1) is 31.6 Å². The van der Waals surface area contributed by atoms with E-state index in [1.807, 2.05) is 50.2 Å². The molecule has 0 aliphatic carbocycles. The second kappa shape index (κ2) is 12.4. The van der Waals surface area contributed by atoms with Crippen LogP contribution in [0.5, 0.6) is 0 Å². The average molecular weight is 610 g/mol. The number of nitrogens with one attached hydrogen (secondary N) is 1. The van der Waals surface area contributed by atoms with Crippen molar-refractivity contribution in [1.82, 2.24) is 5.32 Å². The number of nitriles is 2. The zero-order valence-electron chi connectivity index (χ0n) is 22.0. The van der Waals surface area contributed by atoms with E-state index in [-0.39, 0.29) is 18.0 Å². The van der Waals surface area contributed by atoms with Gasteiger partial charge in [0, 0.05) is 15.5 Å². The summed E-state index contributed by atoms with van der Waals surface area (Å²) in [5, 5.41) is 23.6. The van der Waals surface area contributed by atoms with Gasteiger partial charge in [0.2, 0.25) is 0 Å². The molecule has 4 aromatic carbocycles. The van der Waals surface area contributed by atoms with E-state index in [4.69, 9.17) is 0 Å². The van der Waals surface area contributed by atoms with Crippen LogP contribution < -0.4 is 5.32 Å². The predicted molar refractivity (Wildman–Crippen MR) is 163 cm³/mol. The van der Waals surface area contributed by atoms with Crippen molar-refractivity contribution in [3.63, 3.8) is 0 Å². The van der Waals surface area contributed by atoms with Crippen molar-refractivity contribution >= 4 is 22.6 Å². The van der Waals surface area contributed by atoms with Crippen molar-refractivity contribution in [2.24, 2.45) is 5.41 Å². The monoisotopic (exact) mass is 609 g/mol. The molecular weight excluding hydrogens is 577 g/mol. The molecule has 4 aromatic rings. The van der Waals surface area contributed by atoms with Gasteiger partial charge in [0.25, 0.3) is 0 Å². The van der Waals surface area contributed by atoms with E-state index in [1.165, 1.54) is 9.13 Å². The van der Waals surface area contributed by atoms with Gasteiger partial charge in [-0.3, -0.25) is 0 Å². The second-order valence-electron chi connectivity index (χ2n) is 10.4. The molecular formula is C34H32IN3. The number of rotatable bonds is 9. The van der Waals surface area contributed by atoms with E-state index < -0.39 is 5.41 Å². The molecule has 0 spiro atoms. The Hall–Kier alpha value is -3.45. The Morgan fingerprint density at radius 3 is 2.13 bits per heavy atom. The summed E-state index contributed by atoms with van der Waals surface area (Å²) in [6.07, 6.45) is 0.823. The van der Waals surface area contributed by atoms with Crippen LogP contribution in [-0.2, 0) is 6.42 Å². The third-order valence-corrected chi connectivity index (χ3v) is 7.90. The van der Waals surface area contributed by atoms with Gasteiger partial charge in [0.05, 0.1) is 29.2 Å². The lowest BCUT2D eigenvalue weighted by Gasteiger charge is -2.36. The van der Waals surface area contributed by atoms with Crippen LogP contribution in [0.1, 0.15) is 55.0 Å². The largest absolute Gasteiger partial charge is 0.305 e. The van der Waals surface area contributed by atoms with Crippen molar-refractivity contribution in [3.8, 4) is 23.3 Å². The molecule has 1 N–H and O–H groups in total. The van der Waals surface area contributed by atoms with Crippen LogP contribution in [0.3, 0.4) is 0 Å². The molecule has 0 fully saturated rings. The molecule has 0 aromatic heterocycles. The highest BCUT2D eigenvalue weighted by Gasteiger charge is 2.34. The highest BCUT2D eigenvalue weighted by molar-refractivity contribution is 14.1. The standard InChI is InChI=1S/C34H32IN3/c1-24(32(20-25-15-17-31(35)18-16-25)29-13-7-9-26(19-29)22-36)38-33(34(2,3)23-37)30-14-8-12-28(21-30)27-10-5-4-6-11-27/h4-19,21,24,32-33,38H,20H2,1-3H3/t24-,32+,33?/m0/s1. The predicted octanol–water partition coefficient (Wildman–Crippen LogP) is 8.43. The van der Waals surface area contributed by atoms with Gasteiger partial charge in [-0.1, -0.05) is 72.8 Å². The molecule has 3 atom stereocenters. The number of hydrogen-bond acceptors (Lipinski definition) is 3. The first-order valence-electron chi connectivity index (χ1n) is 12.9. The first-order chi connectivity index (χ1) is 18.3. The average Bonchev–Trinajstić information content (AvgIpc) is 2.96. The summed E-state index contributed by atoms with van der Waals surface area (Å²) in [5.74, 6) is 0.109. The SMILES string of the molecule is C[C@H](NC(c1cccc(-c2ccccc2)c1)C(C)(C)C#N)[C@@H](Cc1ccc(I)cc1)c1cccc(C#N)c1. The maximum atomic E-state index is 10.2. The van der Waals surface area contributed by atoms with Gasteiger partial charge in [0.15, 0.2) is 0 Å². The van der Waals surface area contributed by atoms with Gasteiger partial charge < -0.3 is 5.32 Å². The minimum absolute atomic E-state index is 0.0289. The summed E-state index contributed by atoms with van der Waals surface area (Å²) in [7, 11) is 0. The molecule has 1 unspecified atom stereocenters. The Morgan fingerprint density at radius 1 is 0.789 bits per heavy atom. The molecule has 4 heteroatoms. The maximum Gasteiger partial charge on any atom is 0.0991 e. The van der Waals surface area contributed by atoms with Crippen LogP contribution in [0.15, 0.2) is 103 Å². The Kier molecular flexibility index (Phi) is 9.00. The second-order valence-corrected chi connectivity index (χ2v) is 11.6. The van der Waals surface area contributed by atoms with E-state index in [0.717, 1.165) is 28.7 Å². The number of hydrogen-bond donors (Lipinski definition) is 1. The lowest BCUT2D eigenvalue weighted by atomic mass is 9.79. The van der Waals surface area contributed by atoms with Crippen molar-refractivity contribution in [2.75, 3.05) is 0 Å². The Labute approximate surface area is 240 Å². The molecule has 38 heavy (non-hydrogen) atoms. The summed E-state index contributed by atoms with van der Waals surface area (Å²) in [4.78, 5) is 0. The molecule has 190 valence electrons. The normalized spacial score (nSPS) is 13.6. The van der Waals surface area contributed by atoms with Gasteiger partial charge in [-0.2, -0.15) is 10.5 Å². The van der Waals surface area contributed by atoms with Crippen LogP contribution in [0.2, 0.25) is 0 Å². The fraction of sp³-hybridized carbons (Fsp3) is 0.235. The number of halogens is 1. The molecule has 0 aliphatic heterocycles. The van der Waals surface area contributed by atoms with Gasteiger partial charge >= 0.3 is 0 Å². The Bertz CT molecular complexity index is 1450. The fourth-order valence-corrected chi connectivity index (χ4v) is 5.35. The van der Waals surface area contributed by atoms with Gasteiger partial charge in [-0.05, 0) is 108 Å². The topological polar surface area (TPSA) is 59.6 Å². The summed E-state index contributed by atoms with van der Waals surface area (Å²) in [6.45, 7) is 6.19. The minimum Gasteiger partial charge on any atom is -0.305 e. The third-order valence-electron chi connectivity index (χ3n) is 7.18. The first-order valence-corrected chi connectivity index (χ1v) is 14.0. The summed E-state index contributed by atoms with van der Waals surface area (Å²) in [6, 6.07) is 40.0. The Balaban J connectivity index is 1.71. The maximum absolute atomic E-state index is 10.2. The molecule has 0 amide bonds. The third kappa shape index (κ3) is 6.70. The van der Waals surface area contributed by atoms with Crippen molar-refractivity contribution in [2.45, 2.75) is 45.2 Å². The van der Waals surface area contributed by atoms with Crippen molar-refractivity contribution in [1.29, 1.82) is 10.5 Å². The van der Waals surface area contributed by atoms with Crippen LogP contribution in [-0.4, -0.2) is 6.04 Å². The van der Waals surface area contributed by atoms with E-state index in [0.29, 0.717) is 5.56 Å². The quantitative estimate of drug-likeness (QED) is 0.194. The number of benzene rings is 4. The summed E-state index contributed by atoms with van der Waals surface area (Å²) >= 11 is 2.33. The van der Waals surface area contributed by atoms with Crippen molar-refractivity contribution < 1.29 is 0 Å². The lowest BCUT2D eigenvalue weighted by molar-refractivity contribution is 0.281. The van der Waals surface area contributed by atoms with E-state index in [1.54, 1.807) is 0 Å². The zero-order valence-corrected chi connectivity index (χ0v) is 24.2. The van der Waals surface area contributed by atoms with Crippen LogP contribution in [0.25, 0.3) is 11.1 Å². The van der Waals surface area contributed by atoms with E-state index >= 15 is 0 Å². The van der Waals surface area contributed by atoms with Crippen molar-refractivity contribution in [3.05, 3.63) is 129 Å². The smallest absolute Gasteiger partial charge is 0.0991 e. The summed E-state index contributed by atoms with van der Waals surface area (Å²) < 4.78 is 1.20. The van der Waals surface area contributed by atoms with Gasteiger partial charge in [-0.25, -0.2) is 0 Å². The van der Waals surface area contributed by atoms with Gasteiger partial charge in [-0.15, -0.1) is 0 Å². The van der Waals surface area contributed by atoms with Gasteiger partial charge in [0.1, 0.15) is 0 Å². The minimum atomic E-state index is -0.647. The highest BCUT2D eigenvalue weighted by atomic mass is 127. The molecule has 0 heterocycles. The first kappa shape index (κ1) is 27.6. The highest BCUT2D eigenvalue weighted by Crippen LogP contribution is 2.37. The molecule has 0 radical (unpaired) electrons. The molecule has 0 bridgehead atoms. The molecule has 0 saturated carbocycles. The molecule has 3 nitrogen and oxygen atoms in total. The summed E-state index contributed by atoms with van der Waals surface area (Å²) in [5.41, 5.74) is 5.75. The molecule has 4 rings (SSSR count). The van der Waals surface area contributed by atoms with E-state index in [2.05, 4.69) is 114 Å². The lowest BCUT2D eigenvalue weighted by Crippen LogP contribution is -2.42.